The summed E-state index contributed by atoms with van der Waals surface area (Å²) in [4.78, 5) is 17.9. The van der Waals surface area contributed by atoms with E-state index < -0.39 is 5.60 Å². The van der Waals surface area contributed by atoms with E-state index in [2.05, 4.69) is 15.2 Å². The molecule has 0 spiro atoms. The van der Waals surface area contributed by atoms with Gasteiger partial charge in [0.25, 0.3) is 5.91 Å². The molecule has 1 aliphatic heterocycles. The minimum Gasteiger partial charge on any atom is -0.388 e. The fourth-order valence-electron chi connectivity index (χ4n) is 2.06. The van der Waals surface area contributed by atoms with E-state index in [1.54, 1.807) is 24.5 Å². The molecule has 0 bridgehead atoms. The Morgan fingerprint density at radius 1 is 1.44 bits per heavy atom. The lowest BCUT2D eigenvalue weighted by atomic mass is 9.91. The molecule has 18 heavy (non-hydrogen) atoms. The summed E-state index contributed by atoms with van der Waals surface area (Å²) in [7, 11) is 2.04. The van der Waals surface area contributed by atoms with Crippen molar-refractivity contribution in [3.05, 3.63) is 30.1 Å². The van der Waals surface area contributed by atoms with Gasteiger partial charge >= 0.3 is 0 Å². The first-order valence-electron chi connectivity index (χ1n) is 6.18. The Bertz CT molecular complexity index is 400. The summed E-state index contributed by atoms with van der Waals surface area (Å²) in [6.45, 7) is 2.03. The molecule has 98 valence electrons. The molecule has 2 heterocycles. The van der Waals surface area contributed by atoms with E-state index in [-0.39, 0.29) is 5.91 Å². The average molecular weight is 249 g/mol. The van der Waals surface area contributed by atoms with Gasteiger partial charge in [0.1, 0.15) is 0 Å². The van der Waals surface area contributed by atoms with Crippen LogP contribution in [-0.4, -0.2) is 53.2 Å². The maximum absolute atomic E-state index is 11.8. The number of aromatic nitrogens is 1. The van der Waals surface area contributed by atoms with Gasteiger partial charge in [-0.3, -0.25) is 9.78 Å². The van der Waals surface area contributed by atoms with E-state index in [0.717, 1.165) is 13.1 Å². The first kappa shape index (κ1) is 13.0. The van der Waals surface area contributed by atoms with Gasteiger partial charge in [-0.2, -0.15) is 0 Å². The number of pyridine rings is 1. The molecule has 2 rings (SSSR count). The maximum Gasteiger partial charge on any atom is 0.251 e. The van der Waals surface area contributed by atoms with Crippen molar-refractivity contribution in [2.24, 2.45) is 0 Å². The van der Waals surface area contributed by atoms with Crippen LogP contribution < -0.4 is 5.32 Å². The van der Waals surface area contributed by atoms with Gasteiger partial charge < -0.3 is 15.3 Å². The topological polar surface area (TPSA) is 65.5 Å². The van der Waals surface area contributed by atoms with Gasteiger partial charge in [0, 0.05) is 37.6 Å². The fourth-order valence-corrected chi connectivity index (χ4v) is 2.06. The normalized spacial score (nSPS) is 19.4. The van der Waals surface area contributed by atoms with Crippen molar-refractivity contribution in [3.63, 3.8) is 0 Å². The van der Waals surface area contributed by atoms with Gasteiger partial charge in [0.05, 0.1) is 5.60 Å². The number of amides is 1. The summed E-state index contributed by atoms with van der Waals surface area (Å²) in [5.41, 5.74) is -0.198. The number of carbonyl (C=O) groups is 1. The van der Waals surface area contributed by atoms with Crippen molar-refractivity contribution < 1.29 is 9.90 Å². The molecule has 1 amide bonds. The number of nitrogens with zero attached hydrogens (tertiary/aromatic N) is 2. The molecule has 1 aliphatic rings. The highest BCUT2D eigenvalue weighted by Gasteiger charge is 2.31. The van der Waals surface area contributed by atoms with Crippen LogP contribution in [-0.2, 0) is 0 Å². The Hall–Kier alpha value is -1.46. The molecule has 1 fully saturated rings. The number of piperidine rings is 1. The predicted molar refractivity (Wildman–Crippen MR) is 68.3 cm³/mol. The van der Waals surface area contributed by atoms with Crippen molar-refractivity contribution in [1.82, 2.24) is 15.2 Å². The molecule has 1 aromatic rings. The molecule has 2 N–H and O–H groups in total. The molecular weight excluding hydrogens is 230 g/mol. The monoisotopic (exact) mass is 249 g/mol. The molecule has 0 unspecified atom stereocenters. The summed E-state index contributed by atoms with van der Waals surface area (Å²) in [5, 5.41) is 13.1. The van der Waals surface area contributed by atoms with Crippen LogP contribution >= 0.6 is 0 Å². The standard InChI is InChI=1S/C13H19N3O2/c1-16-8-4-13(18,5-9-16)10-15-12(17)11-2-6-14-7-3-11/h2-3,6-7,18H,4-5,8-10H2,1H3,(H,15,17). The van der Waals surface area contributed by atoms with Crippen LogP contribution in [0.1, 0.15) is 23.2 Å². The fraction of sp³-hybridized carbons (Fsp3) is 0.538. The van der Waals surface area contributed by atoms with Gasteiger partial charge in [-0.05, 0) is 32.0 Å². The van der Waals surface area contributed by atoms with Gasteiger partial charge in [0.15, 0.2) is 0 Å². The number of nitrogens with one attached hydrogen (secondary N) is 1. The molecule has 0 atom stereocenters. The van der Waals surface area contributed by atoms with Crippen molar-refractivity contribution >= 4 is 5.91 Å². The lowest BCUT2D eigenvalue weighted by Gasteiger charge is -2.36. The maximum atomic E-state index is 11.8. The lowest BCUT2D eigenvalue weighted by molar-refractivity contribution is -0.0135. The molecule has 1 saturated heterocycles. The zero-order valence-electron chi connectivity index (χ0n) is 10.6. The molecule has 5 heteroatoms. The van der Waals surface area contributed by atoms with Crippen molar-refractivity contribution in [2.75, 3.05) is 26.7 Å². The second-order valence-corrected chi connectivity index (χ2v) is 4.95. The summed E-state index contributed by atoms with van der Waals surface area (Å²) in [5.74, 6) is -0.162. The molecule has 0 saturated carbocycles. The van der Waals surface area contributed by atoms with Crippen LogP contribution in [0.25, 0.3) is 0 Å². The molecule has 0 aromatic carbocycles. The lowest BCUT2D eigenvalue weighted by Crippen LogP contribution is -2.50. The minimum absolute atomic E-state index is 0.162. The number of likely N-dealkylation sites (tertiary alicyclic amines) is 1. The van der Waals surface area contributed by atoms with Crippen LogP contribution in [0.5, 0.6) is 0 Å². The first-order valence-corrected chi connectivity index (χ1v) is 6.18. The third-order valence-corrected chi connectivity index (χ3v) is 3.44. The highest BCUT2D eigenvalue weighted by Crippen LogP contribution is 2.20. The second-order valence-electron chi connectivity index (χ2n) is 4.95. The largest absolute Gasteiger partial charge is 0.388 e. The number of rotatable bonds is 3. The Labute approximate surface area is 107 Å². The first-order chi connectivity index (χ1) is 8.59. The van der Waals surface area contributed by atoms with Crippen molar-refractivity contribution in [2.45, 2.75) is 18.4 Å². The quantitative estimate of drug-likeness (QED) is 0.807. The molecular formula is C13H19N3O2. The second kappa shape index (κ2) is 5.46. The Morgan fingerprint density at radius 3 is 2.67 bits per heavy atom. The zero-order valence-corrected chi connectivity index (χ0v) is 10.6. The number of carbonyl (C=O) groups excluding carboxylic acids is 1. The summed E-state index contributed by atoms with van der Waals surface area (Å²) >= 11 is 0. The highest BCUT2D eigenvalue weighted by molar-refractivity contribution is 5.93. The van der Waals surface area contributed by atoms with Gasteiger partial charge in [-0.15, -0.1) is 0 Å². The van der Waals surface area contributed by atoms with Gasteiger partial charge in [0.2, 0.25) is 0 Å². The third-order valence-electron chi connectivity index (χ3n) is 3.44. The van der Waals surface area contributed by atoms with Gasteiger partial charge in [-0.25, -0.2) is 0 Å². The van der Waals surface area contributed by atoms with E-state index >= 15 is 0 Å². The Kier molecular flexibility index (Phi) is 3.93. The van der Waals surface area contributed by atoms with Gasteiger partial charge in [-0.1, -0.05) is 0 Å². The summed E-state index contributed by atoms with van der Waals surface area (Å²) in [6, 6.07) is 3.32. The molecule has 5 nitrogen and oxygen atoms in total. The van der Waals surface area contributed by atoms with E-state index in [1.165, 1.54) is 0 Å². The van der Waals surface area contributed by atoms with Crippen molar-refractivity contribution in [3.8, 4) is 0 Å². The number of hydrogen-bond donors (Lipinski definition) is 2. The van der Waals surface area contributed by atoms with Crippen LogP contribution in [0.4, 0.5) is 0 Å². The average Bonchev–Trinajstić information content (AvgIpc) is 2.41. The SMILES string of the molecule is CN1CCC(O)(CNC(=O)c2ccncc2)CC1. The summed E-state index contributed by atoms with van der Waals surface area (Å²) in [6.07, 6.45) is 4.55. The molecule has 0 radical (unpaired) electrons. The van der Waals surface area contributed by atoms with Crippen LogP contribution in [0.15, 0.2) is 24.5 Å². The Morgan fingerprint density at radius 2 is 2.06 bits per heavy atom. The summed E-state index contributed by atoms with van der Waals surface area (Å²) < 4.78 is 0. The minimum atomic E-state index is -0.769. The van der Waals surface area contributed by atoms with E-state index in [4.69, 9.17) is 0 Å². The molecule has 0 aliphatic carbocycles. The number of hydrogen-bond acceptors (Lipinski definition) is 4. The number of aliphatic hydroxyl groups is 1. The van der Waals surface area contributed by atoms with Crippen LogP contribution in [0, 0.1) is 0 Å². The third kappa shape index (κ3) is 3.27. The van der Waals surface area contributed by atoms with Crippen molar-refractivity contribution in [1.29, 1.82) is 0 Å². The van der Waals surface area contributed by atoms with Crippen LogP contribution in [0.2, 0.25) is 0 Å². The van der Waals surface area contributed by atoms with E-state index in [0.29, 0.717) is 24.9 Å². The Balaban J connectivity index is 1.86. The smallest absolute Gasteiger partial charge is 0.251 e. The van der Waals surface area contributed by atoms with E-state index in [1.807, 2.05) is 7.05 Å². The zero-order chi connectivity index (χ0) is 13.0. The highest BCUT2D eigenvalue weighted by atomic mass is 16.3. The van der Waals surface area contributed by atoms with Crippen LogP contribution in [0.3, 0.4) is 0 Å². The molecule has 1 aromatic heterocycles. The predicted octanol–water partition coefficient (Wildman–Crippen LogP) is 0.268. The van der Waals surface area contributed by atoms with E-state index in [9.17, 15) is 9.90 Å².